The molecule has 0 saturated carbocycles. The predicted molar refractivity (Wildman–Crippen MR) is 138 cm³/mol. The highest BCUT2D eigenvalue weighted by Gasteiger charge is 2.22. The molecule has 0 radical (unpaired) electrons. The van der Waals surface area contributed by atoms with Crippen LogP contribution in [0.4, 0.5) is 0 Å². The number of aromatic amines is 1. The lowest BCUT2D eigenvalue weighted by molar-refractivity contribution is 0.0954. The minimum Gasteiger partial charge on any atom is -0.497 e. The second-order valence-electron chi connectivity index (χ2n) is 8.10. The molecule has 0 spiro atoms. The molecular weight excluding hydrogens is 460 g/mol. The third kappa shape index (κ3) is 4.77. The van der Waals surface area contributed by atoms with Crippen molar-refractivity contribution in [1.29, 1.82) is 0 Å². The molecule has 0 aliphatic rings. The van der Waals surface area contributed by atoms with E-state index in [4.69, 9.17) is 23.9 Å². The SMILES string of the molecule is CCCCNC(=O)c1cc(-c2cc(OC)c(OC)cc2OC)nc2n[nH]c(-c3ccc(OC)cc3)c12. The molecule has 4 rings (SSSR count). The van der Waals surface area contributed by atoms with Crippen LogP contribution in [0.3, 0.4) is 0 Å². The van der Waals surface area contributed by atoms with Gasteiger partial charge in [-0.05, 0) is 42.8 Å². The zero-order valence-corrected chi connectivity index (χ0v) is 21.1. The van der Waals surface area contributed by atoms with Crippen molar-refractivity contribution >= 4 is 16.9 Å². The molecular formula is C27H30N4O5. The summed E-state index contributed by atoms with van der Waals surface area (Å²) in [4.78, 5) is 18.2. The highest BCUT2D eigenvalue weighted by atomic mass is 16.5. The molecule has 1 amide bonds. The van der Waals surface area contributed by atoms with Gasteiger partial charge in [0.25, 0.3) is 5.91 Å². The van der Waals surface area contributed by atoms with Crippen molar-refractivity contribution in [2.45, 2.75) is 19.8 Å². The maximum atomic E-state index is 13.4. The van der Waals surface area contributed by atoms with E-state index in [1.807, 2.05) is 24.3 Å². The summed E-state index contributed by atoms with van der Waals surface area (Å²) in [5, 5.41) is 11.2. The zero-order valence-electron chi connectivity index (χ0n) is 21.1. The van der Waals surface area contributed by atoms with Gasteiger partial charge in [-0.3, -0.25) is 9.89 Å². The van der Waals surface area contributed by atoms with Gasteiger partial charge in [0.2, 0.25) is 0 Å². The lowest BCUT2D eigenvalue weighted by Gasteiger charge is -2.15. The van der Waals surface area contributed by atoms with Crippen molar-refractivity contribution < 1.29 is 23.7 Å². The summed E-state index contributed by atoms with van der Waals surface area (Å²) in [7, 11) is 6.31. The lowest BCUT2D eigenvalue weighted by Crippen LogP contribution is -2.24. The van der Waals surface area contributed by atoms with E-state index in [1.165, 1.54) is 0 Å². The van der Waals surface area contributed by atoms with Crippen LogP contribution in [0, 0.1) is 0 Å². The van der Waals surface area contributed by atoms with Gasteiger partial charge >= 0.3 is 0 Å². The lowest BCUT2D eigenvalue weighted by atomic mass is 10.0. The van der Waals surface area contributed by atoms with Crippen molar-refractivity contribution in [3.63, 3.8) is 0 Å². The Bertz CT molecular complexity index is 1370. The largest absolute Gasteiger partial charge is 0.497 e. The molecule has 0 saturated heterocycles. The number of rotatable bonds is 10. The number of hydrogen-bond acceptors (Lipinski definition) is 7. The number of pyridine rings is 1. The first-order chi connectivity index (χ1) is 17.5. The fraction of sp³-hybridized carbons (Fsp3) is 0.296. The van der Waals surface area contributed by atoms with E-state index in [-0.39, 0.29) is 5.91 Å². The van der Waals surface area contributed by atoms with Crippen molar-refractivity contribution in [3.05, 3.63) is 48.0 Å². The topological polar surface area (TPSA) is 108 Å². The molecule has 2 N–H and O–H groups in total. The first-order valence-corrected chi connectivity index (χ1v) is 11.7. The van der Waals surface area contributed by atoms with Crippen LogP contribution in [0.25, 0.3) is 33.5 Å². The Morgan fingerprint density at radius 3 is 2.25 bits per heavy atom. The number of ether oxygens (including phenoxy) is 4. The molecule has 9 nitrogen and oxygen atoms in total. The number of nitrogens with one attached hydrogen (secondary N) is 2. The monoisotopic (exact) mass is 490 g/mol. The van der Waals surface area contributed by atoms with Gasteiger partial charge in [-0.1, -0.05) is 13.3 Å². The quantitative estimate of drug-likeness (QED) is 0.306. The molecule has 9 heteroatoms. The molecule has 0 aliphatic heterocycles. The fourth-order valence-electron chi connectivity index (χ4n) is 4.01. The van der Waals surface area contributed by atoms with Gasteiger partial charge in [-0.25, -0.2) is 4.98 Å². The third-order valence-corrected chi connectivity index (χ3v) is 5.94. The Labute approximate surface area is 209 Å². The molecule has 2 heterocycles. The van der Waals surface area contributed by atoms with Gasteiger partial charge < -0.3 is 24.3 Å². The smallest absolute Gasteiger partial charge is 0.252 e. The summed E-state index contributed by atoms with van der Waals surface area (Å²) in [6, 6.07) is 12.8. The number of aromatic nitrogens is 3. The first-order valence-electron chi connectivity index (χ1n) is 11.7. The van der Waals surface area contributed by atoms with Crippen LogP contribution in [0.5, 0.6) is 23.0 Å². The average Bonchev–Trinajstić information content (AvgIpc) is 3.35. The third-order valence-electron chi connectivity index (χ3n) is 5.94. The molecule has 188 valence electrons. The number of methoxy groups -OCH3 is 4. The van der Waals surface area contributed by atoms with Gasteiger partial charge in [0.15, 0.2) is 17.1 Å². The van der Waals surface area contributed by atoms with Gasteiger partial charge in [-0.2, -0.15) is 5.10 Å². The van der Waals surface area contributed by atoms with Crippen LogP contribution < -0.4 is 24.3 Å². The second-order valence-corrected chi connectivity index (χ2v) is 8.10. The maximum absolute atomic E-state index is 13.4. The van der Waals surface area contributed by atoms with Crippen molar-refractivity contribution in [2.75, 3.05) is 35.0 Å². The first kappa shape index (κ1) is 24.8. The normalized spacial score (nSPS) is 10.8. The Morgan fingerprint density at radius 1 is 0.917 bits per heavy atom. The molecule has 2 aromatic heterocycles. The summed E-state index contributed by atoms with van der Waals surface area (Å²) in [6.07, 6.45) is 1.86. The molecule has 0 atom stereocenters. The number of carbonyl (C=O) groups is 1. The molecule has 0 bridgehead atoms. The van der Waals surface area contributed by atoms with E-state index in [9.17, 15) is 4.79 Å². The number of nitrogens with zero attached hydrogens (tertiary/aromatic N) is 2. The van der Waals surface area contributed by atoms with Crippen LogP contribution in [-0.2, 0) is 0 Å². The van der Waals surface area contributed by atoms with E-state index in [0.29, 0.717) is 57.3 Å². The molecule has 2 aromatic carbocycles. The molecule has 0 unspecified atom stereocenters. The molecule has 36 heavy (non-hydrogen) atoms. The summed E-state index contributed by atoms with van der Waals surface area (Å²) >= 11 is 0. The van der Waals surface area contributed by atoms with Crippen LogP contribution in [0.2, 0.25) is 0 Å². The number of fused-ring (bicyclic) bond motifs is 1. The number of unbranched alkanes of at least 4 members (excludes halogenated alkanes) is 1. The summed E-state index contributed by atoms with van der Waals surface area (Å²) in [6.45, 7) is 2.65. The van der Waals surface area contributed by atoms with Crippen molar-refractivity contribution in [3.8, 4) is 45.5 Å². The van der Waals surface area contributed by atoms with Crippen LogP contribution in [0.15, 0.2) is 42.5 Å². The number of H-pyrrole nitrogens is 1. The highest BCUT2D eigenvalue weighted by molar-refractivity contribution is 6.11. The summed E-state index contributed by atoms with van der Waals surface area (Å²) in [5.41, 5.74) is 3.60. The van der Waals surface area contributed by atoms with Gasteiger partial charge in [-0.15, -0.1) is 0 Å². The minimum absolute atomic E-state index is 0.201. The van der Waals surface area contributed by atoms with E-state index in [0.717, 1.165) is 24.2 Å². The summed E-state index contributed by atoms with van der Waals surface area (Å²) in [5.74, 6) is 2.11. The van der Waals surface area contributed by atoms with E-state index >= 15 is 0 Å². The average molecular weight is 491 g/mol. The van der Waals surface area contributed by atoms with E-state index in [2.05, 4.69) is 22.4 Å². The second kappa shape index (κ2) is 11.0. The standard InChI is InChI=1S/C27H30N4O5/c1-6-7-12-28-27(32)19-13-20(18-14-22(35-4)23(36-5)15-21(18)34-3)29-26-24(19)25(30-31-26)16-8-10-17(33-2)11-9-16/h8-11,13-15H,6-7,12H2,1-5H3,(H,28,32)(H,29,30,31). The molecule has 0 fully saturated rings. The van der Waals surface area contributed by atoms with Crippen molar-refractivity contribution in [2.24, 2.45) is 0 Å². The van der Waals surface area contributed by atoms with Crippen LogP contribution >= 0.6 is 0 Å². The van der Waals surface area contributed by atoms with Crippen molar-refractivity contribution in [1.82, 2.24) is 20.5 Å². The number of benzene rings is 2. The Kier molecular flexibility index (Phi) is 7.58. The minimum atomic E-state index is -0.201. The highest BCUT2D eigenvalue weighted by Crippen LogP contribution is 2.41. The number of hydrogen-bond donors (Lipinski definition) is 2. The van der Waals surface area contributed by atoms with Gasteiger partial charge in [0, 0.05) is 23.7 Å². The fourth-order valence-corrected chi connectivity index (χ4v) is 4.01. The zero-order chi connectivity index (χ0) is 25.7. The Hall–Kier alpha value is -4.27. The predicted octanol–water partition coefficient (Wildman–Crippen LogP) is 4.86. The van der Waals surface area contributed by atoms with Crippen LogP contribution in [-0.4, -0.2) is 56.1 Å². The molecule has 4 aromatic rings. The number of carbonyl (C=O) groups excluding carboxylic acids is 1. The van der Waals surface area contributed by atoms with Gasteiger partial charge in [0.1, 0.15) is 11.5 Å². The van der Waals surface area contributed by atoms with E-state index < -0.39 is 0 Å². The van der Waals surface area contributed by atoms with Crippen LogP contribution in [0.1, 0.15) is 30.1 Å². The Balaban J connectivity index is 1.92. The molecule has 0 aliphatic carbocycles. The van der Waals surface area contributed by atoms with Gasteiger partial charge in [0.05, 0.1) is 50.8 Å². The Morgan fingerprint density at radius 2 is 1.61 bits per heavy atom. The van der Waals surface area contributed by atoms with E-state index in [1.54, 1.807) is 46.6 Å². The number of amides is 1. The summed E-state index contributed by atoms with van der Waals surface area (Å²) < 4.78 is 21.8. The maximum Gasteiger partial charge on any atom is 0.252 e.